The molecule has 2 rings (SSSR count). The molecule has 1 N–H and O–H groups in total. The molecule has 1 saturated heterocycles. The molecule has 1 fully saturated rings. The highest BCUT2D eigenvalue weighted by Gasteiger charge is 2.22. The molecule has 0 radical (unpaired) electrons. The summed E-state index contributed by atoms with van der Waals surface area (Å²) in [5.74, 6) is 2.59. The summed E-state index contributed by atoms with van der Waals surface area (Å²) in [4.78, 5) is 4.40. The van der Waals surface area contributed by atoms with E-state index in [-0.39, 0.29) is 0 Å². The summed E-state index contributed by atoms with van der Waals surface area (Å²) in [6.45, 7) is 2.05. The second-order valence-corrected chi connectivity index (χ2v) is 4.01. The minimum absolute atomic E-state index is 0.711. The monoisotopic (exact) mass is 156 g/mol. The maximum atomic E-state index is 4.40. The van der Waals surface area contributed by atoms with Crippen molar-refractivity contribution in [1.29, 1.82) is 0 Å². The lowest BCUT2D eigenvalue weighted by atomic mass is 10.2. The number of nitrogens with zero attached hydrogens (tertiary/aromatic N) is 1. The van der Waals surface area contributed by atoms with Gasteiger partial charge in [0.2, 0.25) is 0 Å². The standard InChI is InChI=1S/C7H12N2S/c1-2-6(10-5-1)7-8-3-4-9-7/h6H,1-5H2,(H,8,9). The summed E-state index contributed by atoms with van der Waals surface area (Å²) in [6.07, 6.45) is 2.70. The van der Waals surface area contributed by atoms with E-state index in [1.807, 2.05) is 11.8 Å². The fraction of sp³-hybridized carbons (Fsp3) is 0.857. The van der Waals surface area contributed by atoms with E-state index in [4.69, 9.17) is 0 Å². The van der Waals surface area contributed by atoms with Crippen molar-refractivity contribution in [3.8, 4) is 0 Å². The summed E-state index contributed by atoms with van der Waals surface area (Å²) in [6, 6.07) is 0. The Hall–Kier alpha value is -0.180. The molecule has 2 aliphatic rings. The van der Waals surface area contributed by atoms with Crippen molar-refractivity contribution in [2.24, 2.45) is 4.99 Å². The highest BCUT2D eigenvalue weighted by molar-refractivity contribution is 8.00. The third-order valence-electron chi connectivity index (χ3n) is 1.93. The summed E-state index contributed by atoms with van der Waals surface area (Å²) in [7, 11) is 0. The van der Waals surface area contributed by atoms with E-state index in [0.717, 1.165) is 13.1 Å². The van der Waals surface area contributed by atoms with Gasteiger partial charge in [-0.2, -0.15) is 11.8 Å². The van der Waals surface area contributed by atoms with Gasteiger partial charge in [-0.1, -0.05) is 0 Å². The Bertz CT molecular complexity index is 150. The molecule has 0 aromatic heterocycles. The lowest BCUT2D eigenvalue weighted by Gasteiger charge is -2.07. The van der Waals surface area contributed by atoms with Gasteiger partial charge in [0, 0.05) is 6.54 Å². The Morgan fingerprint density at radius 3 is 3.20 bits per heavy atom. The quantitative estimate of drug-likeness (QED) is 0.609. The van der Waals surface area contributed by atoms with Crippen molar-refractivity contribution >= 4 is 17.6 Å². The molecule has 0 bridgehead atoms. The van der Waals surface area contributed by atoms with Crippen molar-refractivity contribution in [2.45, 2.75) is 18.1 Å². The van der Waals surface area contributed by atoms with E-state index in [9.17, 15) is 0 Å². The lowest BCUT2D eigenvalue weighted by molar-refractivity contribution is 0.877. The van der Waals surface area contributed by atoms with E-state index >= 15 is 0 Å². The first-order valence-electron chi connectivity index (χ1n) is 3.86. The second kappa shape index (κ2) is 2.82. The van der Waals surface area contributed by atoms with Crippen molar-refractivity contribution < 1.29 is 0 Å². The maximum Gasteiger partial charge on any atom is 0.110 e. The molecule has 1 atom stereocenters. The van der Waals surface area contributed by atoms with Gasteiger partial charge in [-0.3, -0.25) is 4.99 Å². The van der Waals surface area contributed by atoms with Crippen molar-refractivity contribution in [1.82, 2.24) is 5.32 Å². The Morgan fingerprint density at radius 1 is 1.60 bits per heavy atom. The van der Waals surface area contributed by atoms with E-state index in [0.29, 0.717) is 5.25 Å². The Morgan fingerprint density at radius 2 is 2.60 bits per heavy atom. The molecular weight excluding hydrogens is 144 g/mol. The van der Waals surface area contributed by atoms with Crippen LogP contribution in [-0.4, -0.2) is 29.9 Å². The number of aliphatic imine (C=N–C) groups is 1. The molecule has 2 nitrogen and oxygen atoms in total. The lowest BCUT2D eigenvalue weighted by Crippen LogP contribution is -2.27. The third-order valence-corrected chi connectivity index (χ3v) is 3.32. The molecule has 0 aliphatic carbocycles. The minimum atomic E-state index is 0.711. The molecule has 0 saturated carbocycles. The SMILES string of the molecule is C1CSC(C2=NCCN2)C1. The minimum Gasteiger partial charge on any atom is -0.371 e. The van der Waals surface area contributed by atoms with Crippen LogP contribution in [0.4, 0.5) is 0 Å². The van der Waals surface area contributed by atoms with Gasteiger partial charge < -0.3 is 5.32 Å². The first-order chi connectivity index (χ1) is 4.97. The van der Waals surface area contributed by atoms with Gasteiger partial charge in [-0.25, -0.2) is 0 Å². The van der Waals surface area contributed by atoms with E-state index < -0.39 is 0 Å². The molecule has 1 unspecified atom stereocenters. The molecule has 2 heterocycles. The molecule has 0 aromatic carbocycles. The third kappa shape index (κ3) is 1.15. The average molecular weight is 156 g/mol. The van der Waals surface area contributed by atoms with Gasteiger partial charge in [0.25, 0.3) is 0 Å². The van der Waals surface area contributed by atoms with E-state index in [2.05, 4.69) is 10.3 Å². The van der Waals surface area contributed by atoms with Crippen LogP contribution in [0.5, 0.6) is 0 Å². The number of hydrogen-bond acceptors (Lipinski definition) is 3. The highest BCUT2D eigenvalue weighted by atomic mass is 32.2. The first-order valence-corrected chi connectivity index (χ1v) is 4.91. The normalized spacial score (nSPS) is 32.0. The fourth-order valence-electron chi connectivity index (χ4n) is 1.43. The van der Waals surface area contributed by atoms with Gasteiger partial charge >= 0.3 is 0 Å². The number of rotatable bonds is 1. The highest BCUT2D eigenvalue weighted by Crippen LogP contribution is 2.27. The zero-order valence-electron chi connectivity index (χ0n) is 5.97. The smallest absolute Gasteiger partial charge is 0.110 e. The molecule has 0 amide bonds. The van der Waals surface area contributed by atoms with Crippen molar-refractivity contribution in [3.63, 3.8) is 0 Å². The van der Waals surface area contributed by atoms with Crippen LogP contribution in [0.3, 0.4) is 0 Å². The van der Waals surface area contributed by atoms with Crippen LogP contribution in [0, 0.1) is 0 Å². The molecule has 0 aromatic rings. The average Bonchev–Trinajstić information content (AvgIpc) is 2.59. The van der Waals surface area contributed by atoms with E-state index in [1.165, 1.54) is 24.4 Å². The largest absolute Gasteiger partial charge is 0.371 e. The molecule has 10 heavy (non-hydrogen) atoms. The first kappa shape index (κ1) is 6.53. The zero-order chi connectivity index (χ0) is 6.81. The molecule has 2 aliphatic heterocycles. The van der Waals surface area contributed by atoms with Crippen molar-refractivity contribution in [3.05, 3.63) is 0 Å². The molecular formula is C7H12N2S. The van der Waals surface area contributed by atoms with Crippen LogP contribution in [0.2, 0.25) is 0 Å². The maximum absolute atomic E-state index is 4.40. The van der Waals surface area contributed by atoms with Gasteiger partial charge in [0.15, 0.2) is 0 Å². The van der Waals surface area contributed by atoms with E-state index in [1.54, 1.807) is 0 Å². The number of amidine groups is 1. The molecule has 3 heteroatoms. The summed E-state index contributed by atoms with van der Waals surface area (Å²) >= 11 is 2.05. The van der Waals surface area contributed by atoms with Gasteiger partial charge in [0.1, 0.15) is 5.84 Å². The Labute approximate surface area is 65.5 Å². The topological polar surface area (TPSA) is 24.4 Å². The number of nitrogens with one attached hydrogen (secondary N) is 1. The van der Waals surface area contributed by atoms with Crippen LogP contribution in [-0.2, 0) is 0 Å². The van der Waals surface area contributed by atoms with Crippen LogP contribution < -0.4 is 5.32 Å². The van der Waals surface area contributed by atoms with Crippen LogP contribution >= 0.6 is 11.8 Å². The Kier molecular flexibility index (Phi) is 1.84. The van der Waals surface area contributed by atoms with Gasteiger partial charge in [-0.15, -0.1) is 0 Å². The molecule has 0 spiro atoms. The predicted octanol–water partition coefficient (Wildman–Crippen LogP) is 0.884. The summed E-state index contributed by atoms with van der Waals surface area (Å²) in [5.41, 5.74) is 0. The van der Waals surface area contributed by atoms with Crippen LogP contribution in [0.15, 0.2) is 4.99 Å². The number of thioether (sulfide) groups is 1. The molecule has 56 valence electrons. The summed E-state index contributed by atoms with van der Waals surface area (Å²) < 4.78 is 0. The Balaban J connectivity index is 1.97. The van der Waals surface area contributed by atoms with Crippen LogP contribution in [0.25, 0.3) is 0 Å². The summed E-state index contributed by atoms with van der Waals surface area (Å²) in [5, 5.41) is 4.04. The van der Waals surface area contributed by atoms with Crippen LogP contribution in [0.1, 0.15) is 12.8 Å². The zero-order valence-corrected chi connectivity index (χ0v) is 6.78. The second-order valence-electron chi connectivity index (χ2n) is 2.70. The van der Waals surface area contributed by atoms with Gasteiger partial charge in [-0.05, 0) is 18.6 Å². The van der Waals surface area contributed by atoms with Gasteiger partial charge in [0.05, 0.1) is 11.8 Å². The fourth-order valence-corrected chi connectivity index (χ4v) is 2.69. The number of hydrogen-bond donors (Lipinski definition) is 1. The van der Waals surface area contributed by atoms with Crippen molar-refractivity contribution in [2.75, 3.05) is 18.8 Å². The predicted molar refractivity (Wildman–Crippen MR) is 45.8 cm³/mol.